The predicted molar refractivity (Wildman–Crippen MR) is 48.2 cm³/mol. The SMILES string of the molecule is CN(C)NC(=O)c1cncc(Cl)n1. The molecule has 13 heavy (non-hydrogen) atoms. The molecule has 1 amide bonds. The minimum absolute atomic E-state index is 0.196. The van der Waals surface area contributed by atoms with E-state index >= 15 is 0 Å². The van der Waals surface area contributed by atoms with Gasteiger partial charge in [-0.3, -0.25) is 15.2 Å². The van der Waals surface area contributed by atoms with Gasteiger partial charge < -0.3 is 0 Å². The highest BCUT2D eigenvalue weighted by Crippen LogP contribution is 2.01. The standard InChI is InChI=1S/C7H9ClN4O/c1-12(2)11-7(13)5-3-9-4-6(8)10-5/h3-4H,1-2H3,(H,11,13). The summed E-state index contributed by atoms with van der Waals surface area (Å²) in [7, 11) is 3.41. The molecule has 1 aromatic heterocycles. The second-order valence-corrected chi connectivity index (χ2v) is 2.95. The predicted octanol–water partition coefficient (Wildman–Crippen LogP) is 0.336. The summed E-state index contributed by atoms with van der Waals surface area (Å²) < 4.78 is 0. The van der Waals surface area contributed by atoms with Crippen LogP contribution in [0.2, 0.25) is 5.15 Å². The highest BCUT2D eigenvalue weighted by Gasteiger charge is 2.07. The summed E-state index contributed by atoms with van der Waals surface area (Å²) in [6, 6.07) is 0. The Morgan fingerprint density at radius 2 is 2.23 bits per heavy atom. The molecule has 0 aliphatic heterocycles. The molecule has 1 aromatic rings. The summed E-state index contributed by atoms with van der Waals surface area (Å²) >= 11 is 5.56. The molecule has 1 rings (SSSR count). The summed E-state index contributed by atoms with van der Waals surface area (Å²) in [5, 5.41) is 1.72. The summed E-state index contributed by atoms with van der Waals surface area (Å²) in [5.41, 5.74) is 2.72. The van der Waals surface area contributed by atoms with Gasteiger partial charge in [0.05, 0.1) is 12.4 Å². The van der Waals surface area contributed by atoms with Gasteiger partial charge in [-0.25, -0.2) is 9.99 Å². The molecular formula is C7H9ClN4O. The van der Waals surface area contributed by atoms with Gasteiger partial charge in [-0.2, -0.15) is 0 Å². The van der Waals surface area contributed by atoms with Gasteiger partial charge in [-0.05, 0) is 0 Å². The third-order valence-corrected chi connectivity index (χ3v) is 1.35. The Morgan fingerprint density at radius 1 is 1.54 bits per heavy atom. The van der Waals surface area contributed by atoms with Crippen LogP contribution >= 0.6 is 11.6 Å². The number of nitrogens with one attached hydrogen (secondary N) is 1. The Morgan fingerprint density at radius 3 is 2.77 bits per heavy atom. The van der Waals surface area contributed by atoms with E-state index < -0.39 is 0 Å². The van der Waals surface area contributed by atoms with E-state index in [1.54, 1.807) is 14.1 Å². The smallest absolute Gasteiger partial charge is 0.284 e. The molecule has 0 saturated carbocycles. The lowest BCUT2D eigenvalue weighted by Crippen LogP contribution is -2.36. The molecular weight excluding hydrogens is 192 g/mol. The maximum atomic E-state index is 11.3. The van der Waals surface area contributed by atoms with Gasteiger partial charge in [0.1, 0.15) is 10.8 Å². The fraction of sp³-hybridized carbons (Fsp3) is 0.286. The van der Waals surface area contributed by atoms with E-state index in [9.17, 15) is 4.79 Å². The van der Waals surface area contributed by atoms with E-state index in [0.717, 1.165) is 0 Å². The molecule has 6 heteroatoms. The van der Waals surface area contributed by atoms with Crippen molar-refractivity contribution in [3.63, 3.8) is 0 Å². The topological polar surface area (TPSA) is 58.1 Å². The number of nitrogens with zero attached hydrogens (tertiary/aromatic N) is 3. The zero-order chi connectivity index (χ0) is 9.84. The number of amides is 1. The van der Waals surface area contributed by atoms with Crippen molar-refractivity contribution in [3.05, 3.63) is 23.2 Å². The zero-order valence-corrected chi connectivity index (χ0v) is 8.04. The molecule has 1 N–H and O–H groups in total. The number of carbonyl (C=O) groups is 1. The number of halogens is 1. The van der Waals surface area contributed by atoms with Crippen LogP contribution in [0.5, 0.6) is 0 Å². The maximum absolute atomic E-state index is 11.3. The van der Waals surface area contributed by atoms with Crippen molar-refractivity contribution in [2.45, 2.75) is 0 Å². The second-order valence-electron chi connectivity index (χ2n) is 2.56. The first-order valence-corrected chi connectivity index (χ1v) is 3.93. The van der Waals surface area contributed by atoms with E-state index in [1.807, 2.05) is 0 Å². The Labute approximate surface area is 80.7 Å². The van der Waals surface area contributed by atoms with Crippen LogP contribution in [0.25, 0.3) is 0 Å². The number of hydrazine groups is 1. The van der Waals surface area contributed by atoms with Crippen molar-refractivity contribution in [1.82, 2.24) is 20.4 Å². The molecule has 0 atom stereocenters. The normalized spacial score (nSPS) is 10.2. The molecule has 0 aliphatic carbocycles. The van der Waals surface area contributed by atoms with Crippen LogP contribution in [0.1, 0.15) is 10.5 Å². The molecule has 0 fully saturated rings. The van der Waals surface area contributed by atoms with Crippen LogP contribution in [-0.4, -0.2) is 35.0 Å². The van der Waals surface area contributed by atoms with E-state index in [4.69, 9.17) is 11.6 Å². The van der Waals surface area contributed by atoms with Crippen LogP contribution in [0, 0.1) is 0 Å². The van der Waals surface area contributed by atoms with Crippen LogP contribution < -0.4 is 5.43 Å². The average molecular weight is 201 g/mol. The van der Waals surface area contributed by atoms with Gasteiger partial charge in [0, 0.05) is 14.1 Å². The summed E-state index contributed by atoms with van der Waals surface area (Å²) in [6.45, 7) is 0. The summed E-state index contributed by atoms with van der Waals surface area (Å²) in [4.78, 5) is 18.8. The molecule has 1 heterocycles. The highest BCUT2D eigenvalue weighted by molar-refractivity contribution is 6.29. The molecule has 0 spiro atoms. The van der Waals surface area contributed by atoms with Gasteiger partial charge in [0.25, 0.3) is 5.91 Å². The van der Waals surface area contributed by atoms with Gasteiger partial charge in [0.2, 0.25) is 0 Å². The molecule has 0 saturated heterocycles. The molecule has 0 bridgehead atoms. The van der Waals surface area contributed by atoms with Crippen molar-refractivity contribution < 1.29 is 4.79 Å². The summed E-state index contributed by atoms with van der Waals surface area (Å²) in [6.07, 6.45) is 2.72. The van der Waals surface area contributed by atoms with E-state index in [0.29, 0.717) is 0 Å². The third kappa shape index (κ3) is 2.96. The molecule has 0 unspecified atom stereocenters. The van der Waals surface area contributed by atoms with Crippen molar-refractivity contribution in [1.29, 1.82) is 0 Å². The van der Waals surface area contributed by atoms with Crippen molar-refractivity contribution in [2.24, 2.45) is 0 Å². The minimum atomic E-state index is -0.333. The number of aromatic nitrogens is 2. The lowest BCUT2D eigenvalue weighted by atomic mass is 10.4. The fourth-order valence-corrected chi connectivity index (χ4v) is 0.859. The largest absolute Gasteiger partial charge is 0.285 e. The minimum Gasteiger partial charge on any atom is -0.284 e. The Hall–Kier alpha value is -1.20. The third-order valence-electron chi connectivity index (χ3n) is 1.16. The number of carbonyl (C=O) groups excluding carboxylic acids is 1. The molecule has 0 aromatic carbocycles. The molecule has 5 nitrogen and oxygen atoms in total. The van der Waals surface area contributed by atoms with Crippen LogP contribution in [0.15, 0.2) is 12.4 Å². The lowest BCUT2D eigenvalue weighted by molar-refractivity contribution is 0.0851. The number of hydrogen-bond acceptors (Lipinski definition) is 4. The first-order chi connectivity index (χ1) is 6.09. The monoisotopic (exact) mass is 200 g/mol. The van der Waals surface area contributed by atoms with Crippen LogP contribution in [0.3, 0.4) is 0 Å². The quantitative estimate of drug-likeness (QED) is 0.700. The van der Waals surface area contributed by atoms with Crippen LogP contribution in [-0.2, 0) is 0 Å². The fourth-order valence-electron chi connectivity index (χ4n) is 0.712. The Balaban J connectivity index is 2.77. The van der Waals surface area contributed by atoms with Crippen LogP contribution in [0.4, 0.5) is 0 Å². The number of hydrogen-bond donors (Lipinski definition) is 1. The van der Waals surface area contributed by atoms with Gasteiger partial charge >= 0.3 is 0 Å². The zero-order valence-electron chi connectivity index (χ0n) is 7.28. The van der Waals surface area contributed by atoms with E-state index in [-0.39, 0.29) is 16.8 Å². The molecule has 70 valence electrons. The maximum Gasteiger partial charge on any atom is 0.285 e. The number of rotatable bonds is 2. The Kier molecular flexibility index (Phi) is 3.16. The van der Waals surface area contributed by atoms with E-state index in [2.05, 4.69) is 15.4 Å². The van der Waals surface area contributed by atoms with Crippen molar-refractivity contribution in [2.75, 3.05) is 14.1 Å². The van der Waals surface area contributed by atoms with Gasteiger partial charge in [-0.1, -0.05) is 11.6 Å². The Bertz CT molecular complexity index is 315. The van der Waals surface area contributed by atoms with Gasteiger partial charge in [-0.15, -0.1) is 0 Å². The first-order valence-electron chi connectivity index (χ1n) is 3.55. The highest BCUT2D eigenvalue weighted by atomic mass is 35.5. The first kappa shape index (κ1) is 9.88. The van der Waals surface area contributed by atoms with Crippen molar-refractivity contribution >= 4 is 17.5 Å². The molecule has 0 radical (unpaired) electrons. The van der Waals surface area contributed by atoms with E-state index in [1.165, 1.54) is 17.4 Å². The second kappa shape index (κ2) is 4.15. The van der Waals surface area contributed by atoms with Gasteiger partial charge in [0.15, 0.2) is 0 Å². The van der Waals surface area contributed by atoms with Crippen molar-refractivity contribution in [3.8, 4) is 0 Å². The average Bonchev–Trinajstić information content (AvgIpc) is 2.03. The summed E-state index contributed by atoms with van der Waals surface area (Å²) in [5.74, 6) is -0.333. The molecule has 0 aliphatic rings. The lowest BCUT2D eigenvalue weighted by Gasteiger charge is -2.10.